The Labute approximate surface area is 252 Å². The van der Waals surface area contributed by atoms with E-state index in [4.69, 9.17) is 40.4 Å². The van der Waals surface area contributed by atoms with Crippen molar-refractivity contribution in [2.24, 2.45) is 5.10 Å². The topological polar surface area (TPSA) is 186 Å². The lowest BCUT2D eigenvalue weighted by Crippen LogP contribution is -2.45. The summed E-state index contributed by atoms with van der Waals surface area (Å²) in [6.07, 6.45) is 0.145. The van der Waals surface area contributed by atoms with Gasteiger partial charge >= 0.3 is 18.0 Å². The van der Waals surface area contributed by atoms with Crippen molar-refractivity contribution in [1.29, 1.82) is 0 Å². The van der Waals surface area contributed by atoms with Crippen LogP contribution in [-0.4, -0.2) is 74.2 Å². The van der Waals surface area contributed by atoms with Crippen LogP contribution in [0.4, 0.5) is 4.79 Å². The Morgan fingerprint density at radius 1 is 1.09 bits per heavy atom. The van der Waals surface area contributed by atoms with Crippen LogP contribution in [0, 0.1) is 0 Å². The molecular formula is C28H33ClN4O10. The number of halogens is 1. The molecule has 3 rings (SSSR count). The molecule has 2 aromatic rings. The van der Waals surface area contributed by atoms with Crippen molar-refractivity contribution in [2.75, 3.05) is 33.5 Å². The molecule has 0 aliphatic carbocycles. The SMILES string of the molecule is CCOc1cc([C@H]2NC(=O)NC(C)=C2C(=O)OC)ccc1OC[C@H](O)N/N=C\c1cc(Cl)c(OCC(=O)O)c(OCC)c1. The fourth-order valence-corrected chi connectivity index (χ4v) is 4.29. The monoisotopic (exact) mass is 620 g/mol. The highest BCUT2D eigenvalue weighted by Gasteiger charge is 2.32. The molecule has 1 aliphatic heterocycles. The third-order valence-electron chi connectivity index (χ3n) is 5.78. The number of hydrazone groups is 1. The number of carbonyl (C=O) groups excluding carboxylic acids is 2. The van der Waals surface area contributed by atoms with Gasteiger partial charge in [0.15, 0.2) is 35.8 Å². The van der Waals surface area contributed by atoms with Gasteiger partial charge in [0.05, 0.1) is 43.2 Å². The highest BCUT2D eigenvalue weighted by atomic mass is 35.5. The van der Waals surface area contributed by atoms with Gasteiger partial charge in [0.2, 0.25) is 0 Å². The maximum absolute atomic E-state index is 12.4. The van der Waals surface area contributed by atoms with E-state index in [1.54, 1.807) is 45.0 Å². The molecule has 0 bridgehead atoms. The molecule has 0 saturated heterocycles. The molecule has 0 saturated carbocycles. The van der Waals surface area contributed by atoms with E-state index in [1.165, 1.54) is 19.4 Å². The molecule has 0 unspecified atom stereocenters. The Hall–Kier alpha value is -4.69. The van der Waals surface area contributed by atoms with Crippen molar-refractivity contribution in [3.05, 3.63) is 57.8 Å². The molecule has 1 heterocycles. The number of benzene rings is 2. The zero-order valence-electron chi connectivity index (χ0n) is 23.9. The van der Waals surface area contributed by atoms with Crippen LogP contribution in [0.15, 0.2) is 46.7 Å². The van der Waals surface area contributed by atoms with Gasteiger partial charge in [0.1, 0.15) is 6.61 Å². The fourth-order valence-electron chi connectivity index (χ4n) is 4.02. The lowest BCUT2D eigenvalue weighted by atomic mass is 9.95. The van der Waals surface area contributed by atoms with Gasteiger partial charge in [-0.3, -0.25) is 5.43 Å². The van der Waals surface area contributed by atoms with Crippen molar-refractivity contribution < 1.29 is 48.3 Å². The first-order valence-corrected chi connectivity index (χ1v) is 13.5. The first-order valence-electron chi connectivity index (χ1n) is 13.1. The van der Waals surface area contributed by atoms with Crippen LogP contribution in [0.5, 0.6) is 23.0 Å². The van der Waals surface area contributed by atoms with Gasteiger partial charge in [-0.1, -0.05) is 17.7 Å². The normalized spacial score (nSPS) is 15.3. The second kappa shape index (κ2) is 15.5. The first-order chi connectivity index (χ1) is 20.6. The summed E-state index contributed by atoms with van der Waals surface area (Å²) in [6, 6.07) is 6.69. The van der Waals surface area contributed by atoms with Crippen LogP contribution >= 0.6 is 11.6 Å². The van der Waals surface area contributed by atoms with Gasteiger partial charge < -0.3 is 44.5 Å². The second-order valence-electron chi connectivity index (χ2n) is 8.86. The van der Waals surface area contributed by atoms with E-state index in [1.807, 2.05) is 0 Å². The third kappa shape index (κ3) is 8.90. The number of hydrogen-bond acceptors (Lipinski definition) is 11. The number of aliphatic carboxylic acids is 1. The molecule has 15 heteroatoms. The number of nitrogens with zero attached hydrogens (tertiary/aromatic N) is 1. The number of esters is 1. The summed E-state index contributed by atoms with van der Waals surface area (Å²) in [4.78, 5) is 35.4. The number of ether oxygens (including phenoxy) is 5. The lowest BCUT2D eigenvalue weighted by molar-refractivity contribution is -0.139. The predicted molar refractivity (Wildman–Crippen MR) is 155 cm³/mol. The molecular weight excluding hydrogens is 588 g/mol. The summed E-state index contributed by atoms with van der Waals surface area (Å²) in [5.41, 5.74) is 4.19. The van der Waals surface area contributed by atoms with E-state index in [-0.39, 0.29) is 35.3 Å². The van der Waals surface area contributed by atoms with Gasteiger partial charge in [-0.15, -0.1) is 0 Å². The van der Waals surface area contributed by atoms with E-state index >= 15 is 0 Å². The highest BCUT2D eigenvalue weighted by molar-refractivity contribution is 6.32. The van der Waals surface area contributed by atoms with Gasteiger partial charge in [-0.05, 0) is 56.2 Å². The van der Waals surface area contributed by atoms with Crippen LogP contribution in [0.1, 0.15) is 37.9 Å². The quantitative estimate of drug-likeness (QED) is 0.0853. The Morgan fingerprint density at radius 2 is 1.81 bits per heavy atom. The predicted octanol–water partition coefficient (Wildman–Crippen LogP) is 2.72. The molecule has 1 aliphatic rings. The summed E-state index contributed by atoms with van der Waals surface area (Å²) in [5, 5.41) is 28.7. The van der Waals surface area contributed by atoms with Crippen LogP contribution in [0.3, 0.4) is 0 Å². The van der Waals surface area contributed by atoms with Gasteiger partial charge in [-0.2, -0.15) is 5.10 Å². The number of rotatable bonds is 15. The number of urea groups is 1. The molecule has 0 aromatic heterocycles. The summed E-state index contributed by atoms with van der Waals surface area (Å²) in [7, 11) is 1.25. The zero-order valence-corrected chi connectivity index (χ0v) is 24.7. The summed E-state index contributed by atoms with van der Waals surface area (Å²) in [6.45, 7) is 4.92. The van der Waals surface area contributed by atoms with Crippen molar-refractivity contribution in [3.8, 4) is 23.0 Å². The minimum atomic E-state index is -1.23. The van der Waals surface area contributed by atoms with Crippen LogP contribution in [0.2, 0.25) is 5.02 Å². The van der Waals surface area contributed by atoms with Crippen molar-refractivity contribution in [3.63, 3.8) is 0 Å². The van der Waals surface area contributed by atoms with Crippen molar-refractivity contribution in [1.82, 2.24) is 16.1 Å². The Kier molecular flexibility index (Phi) is 11.8. The Bertz CT molecular complexity index is 1400. The number of hydrogen-bond donors (Lipinski definition) is 5. The number of carbonyl (C=O) groups is 3. The van der Waals surface area contributed by atoms with Crippen molar-refractivity contribution >= 4 is 35.8 Å². The molecule has 2 atom stereocenters. The van der Waals surface area contributed by atoms with Crippen molar-refractivity contribution in [2.45, 2.75) is 33.0 Å². The summed E-state index contributed by atoms with van der Waals surface area (Å²) in [5.74, 6) is -0.793. The van der Waals surface area contributed by atoms with Crippen LogP contribution in [-0.2, 0) is 14.3 Å². The number of aliphatic hydroxyl groups is 1. The minimum absolute atomic E-state index is 0.0933. The Morgan fingerprint density at radius 3 is 2.49 bits per heavy atom. The molecule has 2 amide bonds. The summed E-state index contributed by atoms with van der Waals surface area (Å²) < 4.78 is 27.1. The van der Waals surface area contributed by atoms with Gasteiger partial charge in [-0.25, -0.2) is 14.4 Å². The molecule has 5 N–H and O–H groups in total. The molecule has 232 valence electrons. The molecule has 2 aromatic carbocycles. The molecule has 43 heavy (non-hydrogen) atoms. The van der Waals surface area contributed by atoms with Crippen LogP contribution in [0.25, 0.3) is 0 Å². The Balaban J connectivity index is 1.69. The number of aliphatic hydroxyl groups excluding tert-OH is 1. The number of carboxylic acid groups (broad SMARTS) is 1. The largest absolute Gasteiger partial charge is 0.490 e. The number of carboxylic acids is 1. The smallest absolute Gasteiger partial charge is 0.341 e. The summed E-state index contributed by atoms with van der Waals surface area (Å²) >= 11 is 6.25. The molecule has 14 nitrogen and oxygen atoms in total. The molecule has 0 fully saturated rings. The number of amides is 2. The zero-order chi connectivity index (χ0) is 31.5. The van der Waals surface area contributed by atoms with E-state index in [9.17, 15) is 19.5 Å². The van der Waals surface area contributed by atoms with E-state index in [0.717, 1.165) is 0 Å². The third-order valence-corrected chi connectivity index (χ3v) is 6.06. The standard InChI is InChI=1S/C28H33ClN4O10/c1-5-40-20-11-17(25-24(27(37)39-4)15(3)31-28(38)32-25)7-8-19(20)42-13-22(34)33-30-12-16-9-18(29)26(43-14-23(35)36)21(10-16)41-6-2/h7-12,22,25,33-34H,5-6,13-14H2,1-4H3,(H,35,36)(H2,31,32,38)/b30-12-/t22-,25+/m0/s1. The van der Waals surface area contributed by atoms with E-state index in [2.05, 4.69) is 21.2 Å². The number of allylic oxidation sites excluding steroid dienone is 1. The average molecular weight is 621 g/mol. The molecule has 0 spiro atoms. The van der Waals surface area contributed by atoms with Gasteiger partial charge in [0, 0.05) is 5.70 Å². The maximum atomic E-state index is 12.4. The minimum Gasteiger partial charge on any atom is -0.490 e. The maximum Gasteiger partial charge on any atom is 0.341 e. The van der Waals surface area contributed by atoms with E-state index in [0.29, 0.717) is 34.9 Å². The molecule has 0 radical (unpaired) electrons. The van der Waals surface area contributed by atoms with E-state index < -0.39 is 36.8 Å². The van der Waals surface area contributed by atoms with Gasteiger partial charge in [0.25, 0.3) is 0 Å². The number of nitrogens with one attached hydrogen (secondary N) is 3. The van der Waals surface area contributed by atoms with Crippen LogP contribution < -0.4 is 35.0 Å². The highest BCUT2D eigenvalue weighted by Crippen LogP contribution is 2.37. The average Bonchev–Trinajstić information content (AvgIpc) is 2.95. The lowest BCUT2D eigenvalue weighted by Gasteiger charge is -2.28. The fraction of sp³-hybridized carbons (Fsp3) is 0.357. The number of methoxy groups -OCH3 is 1. The second-order valence-corrected chi connectivity index (χ2v) is 9.27. The first kappa shape index (κ1) is 32.8.